The Morgan fingerprint density at radius 1 is 1.50 bits per heavy atom. The minimum Gasteiger partial charge on any atom is -0.465 e. The SMILES string of the molecule is C/C=C/CCNCc1ccc(C(=O)OC)c(F)c1. The summed E-state index contributed by atoms with van der Waals surface area (Å²) in [6, 6.07) is 4.52. The first-order chi connectivity index (χ1) is 8.69. The predicted molar refractivity (Wildman–Crippen MR) is 68.9 cm³/mol. The number of carbonyl (C=O) groups is 1. The highest BCUT2D eigenvalue weighted by molar-refractivity contribution is 5.89. The molecule has 0 atom stereocenters. The first kappa shape index (κ1) is 14.4. The molecule has 4 heteroatoms. The van der Waals surface area contributed by atoms with E-state index in [9.17, 15) is 9.18 Å². The van der Waals surface area contributed by atoms with Crippen LogP contribution in [0.15, 0.2) is 30.4 Å². The summed E-state index contributed by atoms with van der Waals surface area (Å²) >= 11 is 0. The Bertz CT molecular complexity index is 430. The molecule has 3 nitrogen and oxygen atoms in total. The van der Waals surface area contributed by atoms with Gasteiger partial charge in [0.05, 0.1) is 12.7 Å². The highest BCUT2D eigenvalue weighted by Crippen LogP contribution is 2.11. The fraction of sp³-hybridized carbons (Fsp3) is 0.357. The van der Waals surface area contributed by atoms with Gasteiger partial charge in [0.25, 0.3) is 0 Å². The second-order valence-corrected chi connectivity index (χ2v) is 3.84. The number of halogens is 1. The molecule has 1 aromatic rings. The van der Waals surface area contributed by atoms with E-state index in [0.717, 1.165) is 18.5 Å². The van der Waals surface area contributed by atoms with Crippen molar-refractivity contribution in [3.63, 3.8) is 0 Å². The Balaban J connectivity index is 2.53. The van der Waals surface area contributed by atoms with E-state index < -0.39 is 11.8 Å². The Morgan fingerprint density at radius 3 is 2.89 bits per heavy atom. The van der Waals surface area contributed by atoms with E-state index in [4.69, 9.17) is 0 Å². The number of hydrogen-bond acceptors (Lipinski definition) is 3. The Morgan fingerprint density at radius 2 is 2.28 bits per heavy atom. The minimum atomic E-state index is -0.653. The average Bonchev–Trinajstić information content (AvgIpc) is 2.38. The number of hydrogen-bond donors (Lipinski definition) is 1. The van der Waals surface area contributed by atoms with Gasteiger partial charge in [0.15, 0.2) is 0 Å². The van der Waals surface area contributed by atoms with Crippen molar-refractivity contribution in [1.82, 2.24) is 5.32 Å². The van der Waals surface area contributed by atoms with Crippen LogP contribution in [-0.4, -0.2) is 19.6 Å². The van der Waals surface area contributed by atoms with Gasteiger partial charge in [-0.15, -0.1) is 0 Å². The summed E-state index contributed by atoms with van der Waals surface area (Å²) in [7, 11) is 1.23. The molecule has 0 saturated carbocycles. The van der Waals surface area contributed by atoms with E-state index in [1.54, 1.807) is 6.07 Å². The molecule has 0 fully saturated rings. The molecule has 0 radical (unpaired) electrons. The lowest BCUT2D eigenvalue weighted by Gasteiger charge is -2.06. The first-order valence-corrected chi connectivity index (χ1v) is 5.87. The van der Waals surface area contributed by atoms with Gasteiger partial charge in [0, 0.05) is 6.54 Å². The monoisotopic (exact) mass is 251 g/mol. The summed E-state index contributed by atoms with van der Waals surface area (Å²) in [5.41, 5.74) is 0.774. The van der Waals surface area contributed by atoms with Crippen molar-refractivity contribution in [3.05, 3.63) is 47.3 Å². The zero-order valence-electron chi connectivity index (χ0n) is 10.7. The van der Waals surface area contributed by atoms with Crippen LogP contribution in [0.5, 0.6) is 0 Å². The first-order valence-electron chi connectivity index (χ1n) is 5.87. The standard InChI is InChI=1S/C14H18FNO2/c1-3-4-5-8-16-10-11-6-7-12(13(15)9-11)14(17)18-2/h3-4,6-7,9,16H,5,8,10H2,1-2H3/b4-3+. The summed E-state index contributed by atoms with van der Waals surface area (Å²) < 4.78 is 18.1. The van der Waals surface area contributed by atoms with Crippen LogP contribution in [0.3, 0.4) is 0 Å². The van der Waals surface area contributed by atoms with Crippen LogP contribution in [0.4, 0.5) is 4.39 Å². The van der Waals surface area contributed by atoms with Crippen molar-refractivity contribution in [1.29, 1.82) is 0 Å². The third-order valence-corrected chi connectivity index (χ3v) is 2.49. The van der Waals surface area contributed by atoms with Crippen LogP contribution in [0.1, 0.15) is 29.3 Å². The topological polar surface area (TPSA) is 38.3 Å². The minimum absolute atomic E-state index is 0.0323. The molecule has 1 N–H and O–H groups in total. The number of allylic oxidation sites excluding steroid dienone is 1. The molecule has 18 heavy (non-hydrogen) atoms. The summed E-state index contributed by atoms with van der Waals surface area (Å²) in [6.45, 7) is 3.39. The third kappa shape index (κ3) is 4.30. The maximum Gasteiger partial charge on any atom is 0.340 e. The number of esters is 1. The predicted octanol–water partition coefficient (Wildman–Crippen LogP) is 2.67. The van der Waals surface area contributed by atoms with Gasteiger partial charge >= 0.3 is 5.97 Å². The number of carbonyl (C=O) groups excluding carboxylic acids is 1. The van der Waals surface area contributed by atoms with Gasteiger partial charge in [-0.25, -0.2) is 9.18 Å². The summed E-state index contributed by atoms with van der Waals surface area (Å²) in [5.74, 6) is -1.20. The lowest BCUT2D eigenvalue weighted by Crippen LogP contribution is -2.14. The fourth-order valence-corrected chi connectivity index (χ4v) is 1.53. The Hall–Kier alpha value is -1.68. The van der Waals surface area contributed by atoms with E-state index in [0.29, 0.717) is 6.54 Å². The summed E-state index contributed by atoms with van der Waals surface area (Å²) in [6.07, 6.45) is 5.00. The van der Waals surface area contributed by atoms with Crippen molar-refractivity contribution >= 4 is 5.97 Å². The molecule has 0 saturated heterocycles. The fourth-order valence-electron chi connectivity index (χ4n) is 1.53. The molecule has 0 aliphatic rings. The summed E-state index contributed by atoms with van der Waals surface area (Å²) in [4.78, 5) is 11.2. The molecule has 0 aromatic heterocycles. The molecule has 0 unspecified atom stereocenters. The van der Waals surface area contributed by atoms with Crippen molar-refractivity contribution in [3.8, 4) is 0 Å². The van der Waals surface area contributed by atoms with E-state index in [1.165, 1.54) is 19.2 Å². The van der Waals surface area contributed by atoms with Gasteiger partial charge in [0.2, 0.25) is 0 Å². The molecule has 1 aromatic carbocycles. The van der Waals surface area contributed by atoms with Crippen LogP contribution in [0.2, 0.25) is 0 Å². The van der Waals surface area contributed by atoms with Crippen molar-refractivity contribution in [2.75, 3.05) is 13.7 Å². The van der Waals surface area contributed by atoms with Gasteiger partial charge in [0.1, 0.15) is 5.82 Å². The van der Waals surface area contributed by atoms with Crippen molar-refractivity contribution in [2.24, 2.45) is 0 Å². The average molecular weight is 251 g/mol. The van der Waals surface area contributed by atoms with Crippen LogP contribution in [0.25, 0.3) is 0 Å². The highest BCUT2D eigenvalue weighted by atomic mass is 19.1. The molecule has 1 rings (SSSR count). The van der Waals surface area contributed by atoms with Gasteiger partial charge in [-0.3, -0.25) is 0 Å². The number of nitrogens with one attached hydrogen (secondary N) is 1. The third-order valence-electron chi connectivity index (χ3n) is 2.49. The second kappa shape index (κ2) is 7.61. The molecular weight excluding hydrogens is 233 g/mol. The number of rotatable bonds is 6. The number of ether oxygens (including phenoxy) is 1. The smallest absolute Gasteiger partial charge is 0.340 e. The highest BCUT2D eigenvalue weighted by Gasteiger charge is 2.11. The maximum absolute atomic E-state index is 13.6. The Labute approximate surface area is 107 Å². The molecule has 0 amide bonds. The van der Waals surface area contributed by atoms with Crippen LogP contribution >= 0.6 is 0 Å². The molecule has 0 aliphatic heterocycles. The normalized spacial score (nSPS) is 10.8. The molecule has 0 heterocycles. The summed E-state index contributed by atoms with van der Waals surface area (Å²) in [5, 5.41) is 3.19. The Kier molecular flexibility index (Phi) is 6.08. The molecular formula is C14H18FNO2. The van der Waals surface area contributed by atoms with Gasteiger partial charge in [-0.1, -0.05) is 18.2 Å². The lowest BCUT2D eigenvalue weighted by molar-refractivity contribution is 0.0595. The molecule has 0 spiro atoms. The molecule has 0 aliphatic carbocycles. The second-order valence-electron chi connectivity index (χ2n) is 3.84. The van der Waals surface area contributed by atoms with Gasteiger partial charge in [-0.05, 0) is 37.6 Å². The van der Waals surface area contributed by atoms with E-state index >= 15 is 0 Å². The van der Waals surface area contributed by atoms with Gasteiger partial charge in [-0.2, -0.15) is 0 Å². The number of methoxy groups -OCH3 is 1. The zero-order valence-corrected chi connectivity index (χ0v) is 10.7. The lowest BCUT2D eigenvalue weighted by atomic mass is 10.1. The van der Waals surface area contributed by atoms with E-state index in [2.05, 4.69) is 16.1 Å². The van der Waals surface area contributed by atoms with Gasteiger partial charge < -0.3 is 10.1 Å². The quantitative estimate of drug-likeness (QED) is 0.480. The van der Waals surface area contributed by atoms with E-state index in [-0.39, 0.29) is 5.56 Å². The van der Waals surface area contributed by atoms with Crippen molar-refractivity contribution < 1.29 is 13.9 Å². The van der Waals surface area contributed by atoms with E-state index in [1.807, 2.05) is 13.0 Å². The number of benzene rings is 1. The maximum atomic E-state index is 13.6. The van der Waals surface area contributed by atoms with Crippen molar-refractivity contribution in [2.45, 2.75) is 19.9 Å². The van der Waals surface area contributed by atoms with Crippen LogP contribution in [0, 0.1) is 5.82 Å². The molecule has 0 bridgehead atoms. The largest absolute Gasteiger partial charge is 0.465 e. The van der Waals surface area contributed by atoms with Crippen LogP contribution in [-0.2, 0) is 11.3 Å². The van der Waals surface area contributed by atoms with Crippen LogP contribution < -0.4 is 5.32 Å². The molecule has 98 valence electrons. The zero-order chi connectivity index (χ0) is 13.4.